The van der Waals surface area contributed by atoms with Gasteiger partial charge in [0.1, 0.15) is 0 Å². The quantitative estimate of drug-likeness (QED) is 0.460. The molecule has 0 spiro atoms. The van der Waals surface area contributed by atoms with Crippen molar-refractivity contribution in [3.63, 3.8) is 0 Å². The number of carbonyl (C=O) groups is 1. The number of halogens is 1. The lowest BCUT2D eigenvalue weighted by Gasteiger charge is -2.07. The number of hydrogen-bond acceptors (Lipinski definition) is 1. The zero-order valence-electron chi connectivity index (χ0n) is 11.6. The largest absolute Gasteiger partial charge is 0.281 e. The molecule has 1 aliphatic rings. The summed E-state index contributed by atoms with van der Waals surface area (Å²) in [5, 5.41) is -0.206. The Morgan fingerprint density at radius 1 is 0.889 bits per heavy atom. The summed E-state index contributed by atoms with van der Waals surface area (Å²) in [7, 11) is 0. The molecule has 0 fully saturated rings. The fourth-order valence-corrected chi connectivity index (χ4v) is 2.83. The molecule has 0 saturated carbocycles. The number of allylic oxidation sites excluding steroid dienone is 2. The standard InChI is InChI=1S/C16H27ClO/c17-16(18)14-15-12-10-8-6-4-2-1-3-5-7-9-11-13-15/h12H,1-11,13-14H2/b15-12+. The summed E-state index contributed by atoms with van der Waals surface area (Å²) in [6.45, 7) is 0. The molecule has 1 nitrogen and oxygen atoms in total. The number of carbonyl (C=O) groups excluding carboxylic acids is 1. The Bertz CT molecular complexity index is 258. The van der Waals surface area contributed by atoms with Crippen LogP contribution in [-0.4, -0.2) is 5.24 Å². The first kappa shape index (κ1) is 15.8. The molecule has 0 saturated heterocycles. The zero-order chi connectivity index (χ0) is 13.1. The second-order valence-corrected chi connectivity index (χ2v) is 5.89. The van der Waals surface area contributed by atoms with Gasteiger partial charge in [-0.3, -0.25) is 4.79 Å². The molecule has 0 radical (unpaired) electrons. The summed E-state index contributed by atoms with van der Waals surface area (Å²) in [6.07, 6.45) is 18.4. The van der Waals surface area contributed by atoms with Gasteiger partial charge in [0, 0.05) is 6.42 Å². The van der Waals surface area contributed by atoms with E-state index in [1.165, 1.54) is 69.8 Å². The van der Waals surface area contributed by atoms with E-state index in [0.29, 0.717) is 6.42 Å². The average Bonchev–Trinajstić information content (AvgIpc) is 2.33. The monoisotopic (exact) mass is 270 g/mol. The molecular weight excluding hydrogens is 244 g/mol. The molecule has 2 heteroatoms. The van der Waals surface area contributed by atoms with E-state index in [1.54, 1.807) is 0 Å². The van der Waals surface area contributed by atoms with E-state index in [-0.39, 0.29) is 5.24 Å². The van der Waals surface area contributed by atoms with Crippen molar-refractivity contribution in [2.75, 3.05) is 0 Å². The summed E-state index contributed by atoms with van der Waals surface area (Å²) in [4.78, 5) is 11.0. The molecule has 0 aromatic rings. The smallest absolute Gasteiger partial charge is 0.225 e. The van der Waals surface area contributed by atoms with Crippen LogP contribution in [0.5, 0.6) is 0 Å². The van der Waals surface area contributed by atoms with Gasteiger partial charge in [0.25, 0.3) is 0 Å². The van der Waals surface area contributed by atoms with Crippen molar-refractivity contribution in [2.45, 2.75) is 83.5 Å². The minimum Gasteiger partial charge on any atom is -0.281 e. The summed E-state index contributed by atoms with van der Waals surface area (Å²) in [6, 6.07) is 0. The third kappa shape index (κ3) is 8.74. The zero-order valence-corrected chi connectivity index (χ0v) is 12.3. The predicted octanol–water partition coefficient (Wildman–Crippen LogP) is 5.76. The highest BCUT2D eigenvalue weighted by Gasteiger charge is 2.04. The van der Waals surface area contributed by atoms with E-state index in [4.69, 9.17) is 11.6 Å². The third-order valence-electron chi connectivity index (χ3n) is 3.75. The fourth-order valence-electron chi connectivity index (χ4n) is 2.66. The molecule has 0 amide bonds. The molecule has 0 atom stereocenters. The lowest BCUT2D eigenvalue weighted by Crippen LogP contribution is -1.93. The van der Waals surface area contributed by atoms with Crippen LogP contribution in [0.4, 0.5) is 0 Å². The van der Waals surface area contributed by atoms with Gasteiger partial charge in [0.15, 0.2) is 0 Å². The van der Waals surface area contributed by atoms with E-state index >= 15 is 0 Å². The normalized spacial score (nSPS) is 23.7. The van der Waals surface area contributed by atoms with Gasteiger partial charge in [-0.15, -0.1) is 0 Å². The van der Waals surface area contributed by atoms with Crippen LogP contribution < -0.4 is 0 Å². The molecule has 1 aliphatic carbocycles. The van der Waals surface area contributed by atoms with Crippen LogP contribution in [-0.2, 0) is 4.79 Å². The number of rotatable bonds is 2. The van der Waals surface area contributed by atoms with Gasteiger partial charge in [-0.2, -0.15) is 0 Å². The van der Waals surface area contributed by atoms with Crippen LogP contribution in [0.15, 0.2) is 11.6 Å². The van der Waals surface area contributed by atoms with Gasteiger partial charge in [0.2, 0.25) is 5.24 Å². The van der Waals surface area contributed by atoms with Gasteiger partial charge in [-0.1, -0.05) is 63.0 Å². The van der Waals surface area contributed by atoms with Crippen molar-refractivity contribution in [3.05, 3.63) is 11.6 Å². The van der Waals surface area contributed by atoms with Crippen molar-refractivity contribution >= 4 is 16.8 Å². The minimum absolute atomic E-state index is 0.206. The Labute approximate surface area is 117 Å². The predicted molar refractivity (Wildman–Crippen MR) is 79.0 cm³/mol. The second-order valence-electron chi connectivity index (χ2n) is 5.47. The first-order valence-corrected chi connectivity index (χ1v) is 8.03. The van der Waals surface area contributed by atoms with E-state index in [2.05, 4.69) is 6.08 Å². The maximum absolute atomic E-state index is 11.0. The van der Waals surface area contributed by atoms with Crippen molar-refractivity contribution in [2.24, 2.45) is 0 Å². The highest BCUT2D eigenvalue weighted by molar-refractivity contribution is 6.63. The van der Waals surface area contributed by atoms with Crippen LogP contribution in [0.1, 0.15) is 83.5 Å². The van der Waals surface area contributed by atoms with Gasteiger partial charge in [-0.05, 0) is 37.3 Å². The first-order chi connectivity index (χ1) is 8.79. The van der Waals surface area contributed by atoms with Crippen LogP contribution in [0.2, 0.25) is 0 Å². The maximum Gasteiger partial charge on any atom is 0.225 e. The van der Waals surface area contributed by atoms with Crippen molar-refractivity contribution < 1.29 is 4.79 Å². The molecule has 0 aromatic heterocycles. The van der Waals surface area contributed by atoms with E-state index < -0.39 is 0 Å². The molecular formula is C16H27ClO. The van der Waals surface area contributed by atoms with E-state index in [9.17, 15) is 4.79 Å². The first-order valence-electron chi connectivity index (χ1n) is 7.65. The Morgan fingerprint density at radius 2 is 1.39 bits per heavy atom. The van der Waals surface area contributed by atoms with Crippen LogP contribution in [0, 0.1) is 0 Å². The van der Waals surface area contributed by atoms with Crippen molar-refractivity contribution in [1.82, 2.24) is 0 Å². The lowest BCUT2D eigenvalue weighted by molar-refractivity contribution is -0.111. The van der Waals surface area contributed by atoms with Gasteiger partial charge in [-0.25, -0.2) is 0 Å². The molecule has 0 unspecified atom stereocenters. The summed E-state index contributed by atoms with van der Waals surface area (Å²) in [5.41, 5.74) is 1.27. The van der Waals surface area contributed by atoms with Crippen molar-refractivity contribution in [3.8, 4) is 0 Å². The Morgan fingerprint density at radius 3 is 1.94 bits per heavy atom. The highest BCUT2D eigenvalue weighted by atomic mass is 35.5. The molecule has 0 aromatic carbocycles. The second kappa shape index (κ2) is 10.6. The fraction of sp³-hybridized carbons (Fsp3) is 0.812. The van der Waals surface area contributed by atoms with E-state index in [0.717, 1.165) is 12.8 Å². The van der Waals surface area contributed by atoms with Crippen molar-refractivity contribution in [1.29, 1.82) is 0 Å². The summed E-state index contributed by atoms with van der Waals surface area (Å²) >= 11 is 5.50. The third-order valence-corrected chi connectivity index (χ3v) is 3.88. The van der Waals surface area contributed by atoms with Gasteiger partial charge in [0.05, 0.1) is 0 Å². The summed E-state index contributed by atoms with van der Waals surface area (Å²) < 4.78 is 0. The molecule has 0 heterocycles. The topological polar surface area (TPSA) is 17.1 Å². The van der Waals surface area contributed by atoms with E-state index in [1.807, 2.05) is 0 Å². The average molecular weight is 271 g/mol. The highest BCUT2D eigenvalue weighted by Crippen LogP contribution is 2.19. The molecule has 0 N–H and O–H groups in total. The van der Waals surface area contributed by atoms with Crippen LogP contribution >= 0.6 is 11.6 Å². The molecule has 18 heavy (non-hydrogen) atoms. The van der Waals surface area contributed by atoms with Crippen LogP contribution in [0.25, 0.3) is 0 Å². The lowest BCUT2D eigenvalue weighted by atomic mass is 9.99. The number of hydrogen-bond donors (Lipinski definition) is 0. The Kier molecular flexibility index (Phi) is 9.28. The summed E-state index contributed by atoms with van der Waals surface area (Å²) in [5.74, 6) is 0. The Balaban J connectivity index is 2.37. The molecule has 0 aliphatic heterocycles. The van der Waals surface area contributed by atoms with Gasteiger partial charge < -0.3 is 0 Å². The van der Waals surface area contributed by atoms with Crippen LogP contribution in [0.3, 0.4) is 0 Å². The molecule has 1 rings (SSSR count). The molecule has 104 valence electrons. The maximum atomic E-state index is 11.0. The minimum atomic E-state index is -0.206. The van der Waals surface area contributed by atoms with Gasteiger partial charge >= 0.3 is 0 Å². The Hall–Kier alpha value is -0.300. The molecule has 0 bridgehead atoms. The SMILES string of the molecule is O=C(Cl)C/C1=C/CCCCCCCCCCCC1.